The molecule has 0 spiro atoms. The van der Waals surface area contributed by atoms with Gasteiger partial charge in [0.05, 0.1) is 0 Å². The normalized spacial score (nSPS) is 27.7. The first kappa shape index (κ1) is 13.1. The number of rotatable bonds is 4. The van der Waals surface area contributed by atoms with E-state index in [1.807, 2.05) is 0 Å². The van der Waals surface area contributed by atoms with Crippen LogP contribution in [0.4, 0.5) is 0 Å². The highest BCUT2D eigenvalue weighted by Gasteiger charge is 2.27. The molecule has 0 amide bonds. The summed E-state index contributed by atoms with van der Waals surface area (Å²) in [5.74, 6) is 0.851. The fourth-order valence-corrected chi connectivity index (χ4v) is 3.41. The average Bonchev–Trinajstić information content (AvgIpc) is 3.24. The summed E-state index contributed by atoms with van der Waals surface area (Å²) in [5, 5.41) is 0. The lowest BCUT2D eigenvalue weighted by molar-refractivity contribution is 0.176. The van der Waals surface area contributed by atoms with Crippen LogP contribution in [-0.2, 0) is 6.54 Å². The predicted octanol–water partition coefficient (Wildman–Crippen LogP) is 3.27. The Morgan fingerprint density at radius 2 is 1.74 bits per heavy atom. The minimum Gasteiger partial charge on any atom is -0.328 e. The zero-order valence-electron chi connectivity index (χ0n) is 12.0. The van der Waals surface area contributed by atoms with E-state index < -0.39 is 0 Å². The van der Waals surface area contributed by atoms with E-state index in [-0.39, 0.29) is 0 Å². The molecule has 3 rings (SSSR count). The van der Waals surface area contributed by atoms with E-state index in [1.165, 1.54) is 38.5 Å². The smallest absolute Gasteiger partial charge is 0.0236 e. The van der Waals surface area contributed by atoms with Crippen LogP contribution in [0.25, 0.3) is 0 Å². The van der Waals surface area contributed by atoms with Gasteiger partial charge in [-0.15, -0.1) is 0 Å². The molecular formula is C17H26N2. The molecule has 0 bridgehead atoms. The predicted molar refractivity (Wildman–Crippen MR) is 80.1 cm³/mol. The number of hydrogen-bond acceptors (Lipinski definition) is 2. The van der Waals surface area contributed by atoms with Crippen molar-refractivity contribution in [1.82, 2.24) is 4.90 Å². The molecule has 2 aliphatic rings. The van der Waals surface area contributed by atoms with Gasteiger partial charge in [-0.2, -0.15) is 0 Å². The SMILES string of the molecule is CN(Cc1ccccc1C1CC1)C1CCC(N)CC1. The van der Waals surface area contributed by atoms with Gasteiger partial charge < -0.3 is 5.73 Å². The largest absolute Gasteiger partial charge is 0.328 e. The Labute approximate surface area is 117 Å². The molecule has 0 atom stereocenters. The van der Waals surface area contributed by atoms with Gasteiger partial charge in [0.1, 0.15) is 0 Å². The molecule has 2 saturated carbocycles. The van der Waals surface area contributed by atoms with Crippen molar-refractivity contribution >= 4 is 0 Å². The molecule has 0 aromatic heterocycles. The van der Waals surface area contributed by atoms with Gasteiger partial charge in [-0.1, -0.05) is 24.3 Å². The second-order valence-corrected chi connectivity index (χ2v) is 6.46. The Morgan fingerprint density at radius 3 is 2.42 bits per heavy atom. The maximum atomic E-state index is 6.00. The van der Waals surface area contributed by atoms with Gasteiger partial charge in [0, 0.05) is 18.6 Å². The molecule has 0 aliphatic heterocycles. The molecule has 19 heavy (non-hydrogen) atoms. The summed E-state index contributed by atoms with van der Waals surface area (Å²) < 4.78 is 0. The zero-order valence-corrected chi connectivity index (χ0v) is 12.0. The lowest BCUT2D eigenvalue weighted by atomic mass is 9.90. The Morgan fingerprint density at radius 1 is 1.05 bits per heavy atom. The molecule has 2 aliphatic carbocycles. The van der Waals surface area contributed by atoms with Crippen LogP contribution in [0, 0.1) is 0 Å². The first-order chi connectivity index (χ1) is 9.24. The number of nitrogens with zero attached hydrogens (tertiary/aromatic N) is 1. The summed E-state index contributed by atoms with van der Waals surface area (Å²) in [5.41, 5.74) is 9.15. The minimum absolute atomic E-state index is 0.448. The van der Waals surface area contributed by atoms with Crippen LogP contribution >= 0.6 is 0 Å². The summed E-state index contributed by atoms with van der Waals surface area (Å²) in [6, 6.07) is 10.2. The van der Waals surface area contributed by atoms with Crippen molar-refractivity contribution in [3.8, 4) is 0 Å². The third-order valence-electron chi connectivity index (χ3n) is 4.86. The summed E-state index contributed by atoms with van der Waals surface area (Å²) in [4.78, 5) is 2.55. The summed E-state index contributed by atoms with van der Waals surface area (Å²) >= 11 is 0. The monoisotopic (exact) mass is 258 g/mol. The van der Waals surface area contributed by atoms with Gasteiger partial charge >= 0.3 is 0 Å². The summed E-state index contributed by atoms with van der Waals surface area (Å²) in [6.45, 7) is 1.10. The maximum absolute atomic E-state index is 6.00. The molecule has 104 valence electrons. The lowest BCUT2D eigenvalue weighted by Crippen LogP contribution is -2.38. The fraction of sp³-hybridized carbons (Fsp3) is 0.647. The third-order valence-corrected chi connectivity index (χ3v) is 4.86. The van der Waals surface area contributed by atoms with Gasteiger partial charge in [0.15, 0.2) is 0 Å². The molecule has 0 saturated heterocycles. The molecule has 2 fully saturated rings. The highest BCUT2D eigenvalue weighted by atomic mass is 15.1. The van der Waals surface area contributed by atoms with E-state index in [0.717, 1.165) is 18.5 Å². The Balaban J connectivity index is 1.64. The fourth-order valence-electron chi connectivity index (χ4n) is 3.41. The molecule has 0 unspecified atom stereocenters. The molecule has 2 heteroatoms. The number of benzene rings is 1. The zero-order chi connectivity index (χ0) is 13.2. The Hall–Kier alpha value is -0.860. The van der Waals surface area contributed by atoms with E-state index in [9.17, 15) is 0 Å². The van der Waals surface area contributed by atoms with E-state index in [2.05, 4.69) is 36.2 Å². The van der Waals surface area contributed by atoms with Crippen molar-refractivity contribution in [1.29, 1.82) is 0 Å². The van der Waals surface area contributed by atoms with Crippen LogP contribution in [0.1, 0.15) is 55.6 Å². The van der Waals surface area contributed by atoms with E-state index >= 15 is 0 Å². The van der Waals surface area contributed by atoms with Gasteiger partial charge in [-0.25, -0.2) is 0 Å². The van der Waals surface area contributed by atoms with Crippen molar-refractivity contribution in [2.24, 2.45) is 5.73 Å². The molecule has 1 aromatic rings. The molecule has 2 nitrogen and oxygen atoms in total. The average molecular weight is 258 g/mol. The minimum atomic E-state index is 0.448. The number of hydrogen-bond donors (Lipinski definition) is 1. The summed E-state index contributed by atoms with van der Waals surface area (Å²) in [7, 11) is 2.28. The van der Waals surface area contributed by atoms with E-state index in [1.54, 1.807) is 11.1 Å². The highest BCUT2D eigenvalue weighted by molar-refractivity contribution is 5.33. The van der Waals surface area contributed by atoms with Crippen LogP contribution in [0.3, 0.4) is 0 Å². The van der Waals surface area contributed by atoms with Gasteiger partial charge in [0.2, 0.25) is 0 Å². The van der Waals surface area contributed by atoms with Crippen LogP contribution in [0.2, 0.25) is 0 Å². The van der Waals surface area contributed by atoms with E-state index in [4.69, 9.17) is 5.73 Å². The second kappa shape index (κ2) is 5.64. The maximum Gasteiger partial charge on any atom is 0.0236 e. The first-order valence-electron chi connectivity index (χ1n) is 7.77. The quantitative estimate of drug-likeness (QED) is 0.898. The third kappa shape index (κ3) is 3.18. The summed E-state index contributed by atoms with van der Waals surface area (Å²) in [6.07, 6.45) is 7.70. The standard InChI is InChI=1S/C17H26N2/c1-19(16-10-8-15(18)9-11-16)12-14-4-2-3-5-17(14)13-6-7-13/h2-5,13,15-16H,6-12,18H2,1H3. The van der Waals surface area contributed by atoms with Crippen LogP contribution in [0.15, 0.2) is 24.3 Å². The van der Waals surface area contributed by atoms with Crippen LogP contribution in [0.5, 0.6) is 0 Å². The van der Waals surface area contributed by atoms with Crippen LogP contribution < -0.4 is 5.73 Å². The highest BCUT2D eigenvalue weighted by Crippen LogP contribution is 2.42. The number of nitrogens with two attached hydrogens (primary N) is 1. The van der Waals surface area contributed by atoms with Crippen molar-refractivity contribution in [2.75, 3.05) is 7.05 Å². The van der Waals surface area contributed by atoms with Gasteiger partial charge in [-0.05, 0) is 62.6 Å². The van der Waals surface area contributed by atoms with Crippen LogP contribution in [-0.4, -0.2) is 24.0 Å². The molecular weight excluding hydrogens is 232 g/mol. The molecule has 2 N–H and O–H groups in total. The Kier molecular flexibility index (Phi) is 3.90. The van der Waals surface area contributed by atoms with Crippen molar-refractivity contribution in [3.63, 3.8) is 0 Å². The van der Waals surface area contributed by atoms with E-state index in [0.29, 0.717) is 6.04 Å². The first-order valence-corrected chi connectivity index (χ1v) is 7.77. The van der Waals surface area contributed by atoms with Crippen molar-refractivity contribution in [3.05, 3.63) is 35.4 Å². The molecule has 0 heterocycles. The van der Waals surface area contributed by atoms with Gasteiger partial charge in [-0.3, -0.25) is 4.90 Å². The lowest BCUT2D eigenvalue weighted by Gasteiger charge is -2.34. The molecule has 0 radical (unpaired) electrons. The second-order valence-electron chi connectivity index (χ2n) is 6.46. The van der Waals surface area contributed by atoms with Gasteiger partial charge in [0.25, 0.3) is 0 Å². The van der Waals surface area contributed by atoms with Crippen molar-refractivity contribution < 1.29 is 0 Å². The van der Waals surface area contributed by atoms with Crippen molar-refractivity contribution in [2.45, 2.75) is 63.1 Å². The molecule has 1 aromatic carbocycles. The Bertz CT molecular complexity index is 417. The topological polar surface area (TPSA) is 29.3 Å².